The molecule has 3 rings (SSSR count). The first kappa shape index (κ1) is 11.7. The zero-order valence-corrected chi connectivity index (χ0v) is 10.6. The van der Waals surface area contributed by atoms with E-state index in [1.54, 1.807) is 0 Å². The highest BCUT2D eigenvalue weighted by molar-refractivity contribution is 5.87. The summed E-state index contributed by atoms with van der Waals surface area (Å²) in [4.78, 5) is 0. The summed E-state index contributed by atoms with van der Waals surface area (Å²) in [7, 11) is 0. The maximum atomic E-state index is 8.63. The molecule has 0 fully saturated rings. The first-order chi connectivity index (χ1) is 9.36. The maximum Gasteiger partial charge on any atom is 0.0693 e. The fraction of sp³-hybridized carbons (Fsp3) is 0.118. The predicted octanol–water partition coefficient (Wildman–Crippen LogP) is 4.14. The van der Waals surface area contributed by atoms with E-state index in [4.69, 9.17) is 5.21 Å². The van der Waals surface area contributed by atoms with Gasteiger partial charge in [0.1, 0.15) is 0 Å². The summed E-state index contributed by atoms with van der Waals surface area (Å²) in [6, 6.07) is 16.9. The largest absolute Gasteiger partial charge is 0.411 e. The van der Waals surface area contributed by atoms with Crippen LogP contribution in [0.5, 0.6) is 0 Å². The van der Waals surface area contributed by atoms with Crippen LogP contribution in [-0.4, -0.2) is 11.4 Å². The average Bonchev–Trinajstić information content (AvgIpc) is 2.48. The van der Waals surface area contributed by atoms with Crippen molar-refractivity contribution in [3.63, 3.8) is 0 Å². The minimum Gasteiger partial charge on any atom is -0.411 e. The van der Waals surface area contributed by atoms with Crippen LogP contribution in [0.2, 0.25) is 0 Å². The van der Waals surface area contributed by atoms with Crippen LogP contribution in [0, 0.1) is 0 Å². The molecule has 0 amide bonds. The van der Waals surface area contributed by atoms with E-state index in [1.807, 2.05) is 6.07 Å². The number of rotatable bonds is 2. The highest BCUT2D eigenvalue weighted by Crippen LogP contribution is 2.28. The molecule has 2 aromatic rings. The summed E-state index contributed by atoms with van der Waals surface area (Å²) in [5.41, 5.74) is 6.09. The second-order valence-electron chi connectivity index (χ2n) is 4.74. The Morgan fingerprint density at radius 3 is 2.58 bits per heavy atom. The SMILES string of the molecule is ON=CC1=Cc2cc(-c3ccccc3)ccc2CC1. The van der Waals surface area contributed by atoms with Crippen molar-refractivity contribution in [2.75, 3.05) is 0 Å². The summed E-state index contributed by atoms with van der Waals surface area (Å²) in [6.45, 7) is 0. The van der Waals surface area contributed by atoms with Crippen molar-refractivity contribution < 1.29 is 5.21 Å². The Balaban J connectivity index is 2.03. The van der Waals surface area contributed by atoms with Gasteiger partial charge in [0.05, 0.1) is 6.21 Å². The Morgan fingerprint density at radius 2 is 1.79 bits per heavy atom. The normalized spacial score (nSPS) is 14.2. The van der Waals surface area contributed by atoms with E-state index < -0.39 is 0 Å². The average molecular weight is 249 g/mol. The Hall–Kier alpha value is -2.35. The van der Waals surface area contributed by atoms with Gasteiger partial charge in [0.25, 0.3) is 0 Å². The molecule has 1 aliphatic carbocycles. The standard InChI is InChI=1S/C17H15NO/c19-18-12-13-6-7-15-8-9-16(11-17(15)10-13)14-4-2-1-3-5-14/h1-5,8-12,19H,6-7H2. The van der Waals surface area contributed by atoms with Crippen LogP contribution >= 0.6 is 0 Å². The fourth-order valence-corrected chi connectivity index (χ4v) is 2.49. The zero-order chi connectivity index (χ0) is 13.1. The van der Waals surface area contributed by atoms with Crippen molar-refractivity contribution in [3.8, 4) is 11.1 Å². The molecular weight excluding hydrogens is 234 g/mol. The van der Waals surface area contributed by atoms with Gasteiger partial charge in [0.2, 0.25) is 0 Å². The molecule has 2 heteroatoms. The van der Waals surface area contributed by atoms with E-state index >= 15 is 0 Å². The van der Waals surface area contributed by atoms with Crippen LogP contribution in [0.25, 0.3) is 17.2 Å². The minimum atomic E-state index is 0.932. The van der Waals surface area contributed by atoms with Gasteiger partial charge < -0.3 is 5.21 Å². The fourth-order valence-electron chi connectivity index (χ4n) is 2.49. The lowest BCUT2D eigenvalue weighted by Crippen LogP contribution is -2.00. The monoisotopic (exact) mass is 249 g/mol. The summed E-state index contributed by atoms with van der Waals surface area (Å²) in [5, 5.41) is 11.7. The molecular formula is C17H15NO. The quantitative estimate of drug-likeness (QED) is 0.484. The molecule has 2 nitrogen and oxygen atoms in total. The summed E-state index contributed by atoms with van der Waals surface area (Å²) < 4.78 is 0. The van der Waals surface area contributed by atoms with Gasteiger partial charge in [0.15, 0.2) is 0 Å². The zero-order valence-electron chi connectivity index (χ0n) is 10.6. The van der Waals surface area contributed by atoms with Gasteiger partial charge in [-0.3, -0.25) is 0 Å². The molecule has 0 saturated heterocycles. The Labute approximate surface area is 112 Å². The summed E-state index contributed by atoms with van der Waals surface area (Å²) in [5.74, 6) is 0. The number of fused-ring (bicyclic) bond motifs is 1. The van der Waals surface area contributed by atoms with Gasteiger partial charge in [-0.15, -0.1) is 0 Å². The summed E-state index contributed by atoms with van der Waals surface area (Å²) in [6.07, 6.45) is 5.56. The molecule has 94 valence electrons. The number of hydrogen-bond donors (Lipinski definition) is 1. The van der Waals surface area contributed by atoms with E-state index in [0.29, 0.717) is 0 Å². The van der Waals surface area contributed by atoms with Gasteiger partial charge in [0, 0.05) is 0 Å². The van der Waals surface area contributed by atoms with Crippen LogP contribution in [0.3, 0.4) is 0 Å². The minimum absolute atomic E-state index is 0.932. The van der Waals surface area contributed by atoms with Crippen molar-refractivity contribution in [3.05, 3.63) is 65.2 Å². The highest BCUT2D eigenvalue weighted by atomic mass is 16.4. The second-order valence-corrected chi connectivity index (χ2v) is 4.74. The van der Waals surface area contributed by atoms with E-state index in [2.05, 4.69) is 53.7 Å². The first-order valence-corrected chi connectivity index (χ1v) is 6.43. The first-order valence-electron chi connectivity index (χ1n) is 6.43. The summed E-state index contributed by atoms with van der Waals surface area (Å²) >= 11 is 0. The number of nitrogens with zero attached hydrogens (tertiary/aromatic N) is 1. The van der Waals surface area contributed by atoms with Crippen LogP contribution < -0.4 is 0 Å². The third-order valence-electron chi connectivity index (χ3n) is 3.50. The maximum absolute atomic E-state index is 8.63. The highest BCUT2D eigenvalue weighted by Gasteiger charge is 2.10. The van der Waals surface area contributed by atoms with Crippen LogP contribution in [0.1, 0.15) is 17.5 Å². The van der Waals surface area contributed by atoms with Crippen LogP contribution in [0.4, 0.5) is 0 Å². The van der Waals surface area contributed by atoms with E-state index in [1.165, 1.54) is 28.5 Å². The molecule has 0 saturated carbocycles. The van der Waals surface area contributed by atoms with Crippen molar-refractivity contribution in [1.29, 1.82) is 0 Å². The lowest BCUT2D eigenvalue weighted by molar-refractivity contribution is 0.321. The van der Waals surface area contributed by atoms with Crippen molar-refractivity contribution in [1.82, 2.24) is 0 Å². The Morgan fingerprint density at radius 1 is 0.947 bits per heavy atom. The smallest absolute Gasteiger partial charge is 0.0693 e. The van der Waals surface area contributed by atoms with Gasteiger partial charge in [-0.1, -0.05) is 47.6 Å². The molecule has 0 bridgehead atoms. The number of benzene rings is 2. The third kappa shape index (κ3) is 2.43. The van der Waals surface area contributed by atoms with Gasteiger partial charge in [-0.2, -0.15) is 0 Å². The molecule has 0 heterocycles. The molecule has 0 atom stereocenters. The molecule has 0 unspecified atom stereocenters. The third-order valence-corrected chi connectivity index (χ3v) is 3.50. The van der Waals surface area contributed by atoms with Gasteiger partial charge in [-0.05, 0) is 52.8 Å². The van der Waals surface area contributed by atoms with E-state index in [9.17, 15) is 0 Å². The molecule has 1 aliphatic rings. The number of aryl methyl sites for hydroxylation is 1. The van der Waals surface area contributed by atoms with Crippen LogP contribution in [-0.2, 0) is 6.42 Å². The van der Waals surface area contributed by atoms with Gasteiger partial charge in [-0.25, -0.2) is 0 Å². The predicted molar refractivity (Wildman–Crippen MR) is 78.5 cm³/mol. The lowest BCUT2D eigenvalue weighted by atomic mass is 9.90. The molecule has 2 aromatic carbocycles. The molecule has 0 aliphatic heterocycles. The van der Waals surface area contributed by atoms with Crippen molar-refractivity contribution in [2.24, 2.45) is 5.16 Å². The van der Waals surface area contributed by atoms with Crippen LogP contribution in [0.15, 0.2) is 59.3 Å². The number of hydrogen-bond acceptors (Lipinski definition) is 2. The lowest BCUT2D eigenvalue weighted by Gasteiger charge is -2.15. The number of allylic oxidation sites excluding steroid dienone is 1. The van der Waals surface area contributed by atoms with E-state index in [-0.39, 0.29) is 0 Å². The topological polar surface area (TPSA) is 32.6 Å². The van der Waals surface area contributed by atoms with Crippen molar-refractivity contribution in [2.45, 2.75) is 12.8 Å². The Bertz CT molecular complexity index is 642. The second kappa shape index (κ2) is 5.11. The Kier molecular flexibility index (Phi) is 3.15. The molecule has 0 spiro atoms. The number of oxime groups is 1. The molecule has 19 heavy (non-hydrogen) atoms. The molecule has 1 N–H and O–H groups in total. The molecule has 0 aromatic heterocycles. The van der Waals surface area contributed by atoms with E-state index in [0.717, 1.165) is 18.4 Å². The molecule has 0 radical (unpaired) electrons. The van der Waals surface area contributed by atoms with Crippen molar-refractivity contribution >= 4 is 12.3 Å². The van der Waals surface area contributed by atoms with Gasteiger partial charge >= 0.3 is 0 Å².